The van der Waals surface area contributed by atoms with E-state index < -0.39 is 10.0 Å². The lowest BCUT2D eigenvalue weighted by atomic mass is 10.2. The van der Waals surface area contributed by atoms with Crippen molar-refractivity contribution in [3.05, 3.63) is 65.1 Å². The van der Waals surface area contributed by atoms with E-state index in [0.29, 0.717) is 16.3 Å². The van der Waals surface area contributed by atoms with Crippen LogP contribution in [0.25, 0.3) is 16.8 Å². The van der Waals surface area contributed by atoms with Crippen LogP contribution < -0.4 is 15.2 Å². The van der Waals surface area contributed by atoms with Gasteiger partial charge in [-0.25, -0.2) is 18.5 Å². The van der Waals surface area contributed by atoms with E-state index in [1.165, 1.54) is 29.7 Å². The minimum Gasteiger partial charge on any atom is -0.497 e. The molecule has 0 radical (unpaired) electrons. The highest BCUT2D eigenvalue weighted by molar-refractivity contribution is 7.89. The van der Waals surface area contributed by atoms with Gasteiger partial charge in [0.2, 0.25) is 10.0 Å². The van der Waals surface area contributed by atoms with Crippen LogP contribution in [0, 0.1) is 11.3 Å². The summed E-state index contributed by atoms with van der Waals surface area (Å²) in [6, 6.07) is 15.5. The molecule has 0 fully saturated rings. The van der Waals surface area contributed by atoms with Crippen molar-refractivity contribution in [3.8, 4) is 23.1 Å². The summed E-state index contributed by atoms with van der Waals surface area (Å²) in [6.07, 6.45) is 1.53. The molecule has 0 aliphatic rings. The van der Waals surface area contributed by atoms with E-state index in [1.807, 2.05) is 29.6 Å². The van der Waals surface area contributed by atoms with Crippen LogP contribution in [0.3, 0.4) is 0 Å². The number of sulfonamides is 1. The van der Waals surface area contributed by atoms with Gasteiger partial charge in [-0.1, -0.05) is 0 Å². The zero-order chi connectivity index (χ0) is 20.1. The summed E-state index contributed by atoms with van der Waals surface area (Å²) < 4.78 is 27.7. The summed E-state index contributed by atoms with van der Waals surface area (Å²) in [5, 5.41) is 19.9. The zero-order valence-corrected chi connectivity index (χ0v) is 16.4. The Balaban J connectivity index is 1.78. The van der Waals surface area contributed by atoms with Crippen LogP contribution in [-0.4, -0.2) is 20.5 Å². The van der Waals surface area contributed by atoms with E-state index in [1.54, 1.807) is 19.2 Å². The van der Waals surface area contributed by atoms with Crippen LogP contribution in [0.2, 0.25) is 0 Å². The molecule has 0 saturated heterocycles. The van der Waals surface area contributed by atoms with Gasteiger partial charge in [-0.2, -0.15) is 5.26 Å². The van der Waals surface area contributed by atoms with Crippen molar-refractivity contribution in [3.63, 3.8) is 0 Å². The second-order valence-electron chi connectivity index (χ2n) is 5.65. The molecule has 0 saturated carbocycles. The van der Waals surface area contributed by atoms with E-state index in [-0.39, 0.29) is 4.90 Å². The van der Waals surface area contributed by atoms with Gasteiger partial charge in [0.25, 0.3) is 0 Å². The summed E-state index contributed by atoms with van der Waals surface area (Å²) in [5.74, 6) is 0.759. The average Bonchev–Trinajstić information content (AvgIpc) is 3.18. The SMILES string of the molecule is COc1ccc(-c2csc(/C(C#N)=C/Nc3ccc(S(N)(=O)=O)cc3)n2)cc1. The van der Waals surface area contributed by atoms with Crippen LogP contribution in [0.4, 0.5) is 5.69 Å². The van der Waals surface area contributed by atoms with Crippen LogP contribution in [0.1, 0.15) is 5.01 Å². The molecule has 0 atom stereocenters. The van der Waals surface area contributed by atoms with E-state index in [9.17, 15) is 13.7 Å². The number of hydrogen-bond acceptors (Lipinski definition) is 7. The molecule has 0 aliphatic heterocycles. The Hall–Kier alpha value is -3.19. The number of nitriles is 1. The first-order chi connectivity index (χ1) is 13.4. The molecule has 0 bridgehead atoms. The van der Waals surface area contributed by atoms with Crippen LogP contribution >= 0.6 is 11.3 Å². The molecule has 3 aromatic rings. The molecule has 7 nitrogen and oxygen atoms in total. The van der Waals surface area contributed by atoms with Crippen LogP contribution in [0.5, 0.6) is 5.75 Å². The lowest BCUT2D eigenvalue weighted by Gasteiger charge is -2.03. The number of anilines is 1. The van der Waals surface area contributed by atoms with Gasteiger partial charge in [-0.3, -0.25) is 0 Å². The Kier molecular flexibility index (Phi) is 5.75. The number of thiazole rings is 1. The molecule has 1 heterocycles. The number of allylic oxidation sites excluding steroid dienone is 1. The number of benzene rings is 2. The summed E-state index contributed by atoms with van der Waals surface area (Å²) >= 11 is 1.36. The van der Waals surface area contributed by atoms with Crippen LogP contribution in [-0.2, 0) is 10.0 Å². The predicted octanol–water partition coefficient (Wildman–Crippen LogP) is 3.44. The first-order valence-electron chi connectivity index (χ1n) is 8.00. The molecule has 2 aromatic carbocycles. The van der Waals surface area contributed by atoms with Crippen molar-refractivity contribution in [2.24, 2.45) is 5.14 Å². The van der Waals surface area contributed by atoms with E-state index >= 15 is 0 Å². The van der Waals surface area contributed by atoms with Gasteiger partial charge in [0.05, 0.1) is 17.7 Å². The number of nitrogens with one attached hydrogen (secondary N) is 1. The second-order valence-corrected chi connectivity index (χ2v) is 8.07. The van der Waals surface area contributed by atoms with Crippen molar-refractivity contribution in [1.29, 1.82) is 5.26 Å². The van der Waals surface area contributed by atoms with Crippen molar-refractivity contribution in [1.82, 2.24) is 4.98 Å². The topological polar surface area (TPSA) is 118 Å². The molecule has 3 rings (SSSR count). The van der Waals surface area contributed by atoms with Crippen molar-refractivity contribution in [2.45, 2.75) is 4.90 Å². The molecule has 1 aromatic heterocycles. The Bertz CT molecular complexity index is 1140. The molecule has 9 heteroatoms. The molecule has 0 spiro atoms. The summed E-state index contributed by atoms with van der Waals surface area (Å²) in [7, 11) is -2.13. The third-order valence-corrected chi connectivity index (χ3v) is 5.61. The smallest absolute Gasteiger partial charge is 0.238 e. The number of methoxy groups -OCH3 is 1. The Labute approximate surface area is 166 Å². The Morgan fingerprint density at radius 3 is 2.46 bits per heavy atom. The fourth-order valence-corrected chi connectivity index (χ4v) is 3.64. The number of nitrogens with zero attached hydrogens (tertiary/aromatic N) is 2. The van der Waals surface area contributed by atoms with Gasteiger partial charge in [-0.05, 0) is 48.5 Å². The minimum absolute atomic E-state index is 0.0200. The number of nitrogens with two attached hydrogens (primary N) is 1. The van der Waals surface area contributed by atoms with E-state index in [2.05, 4.69) is 16.4 Å². The quantitative estimate of drug-likeness (QED) is 0.599. The molecular weight excluding hydrogens is 396 g/mol. The fraction of sp³-hybridized carbons (Fsp3) is 0.0526. The molecule has 3 N–H and O–H groups in total. The molecule has 0 unspecified atom stereocenters. The maximum absolute atomic E-state index is 11.3. The monoisotopic (exact) mass is 412 g/mol. The molecular formula is C19H16N4O3S2. The standard InChI is InChI=1S/C19H16N4O3S2/c1-26-16-6-2-13(3-7-16)18-12-27-19(23-18)14(10-20)11-22-15-4-8-17(9-5-15)28(21,24)25/h2-9,11-12,22H,1H3,(H2,21,24,25)/b14-11+. The van der Waals surface area contributed by atoms with E-state index in [0.717, 1.165) is 17.0 Å². The molecule has 0 aliphatic carbocycles. The highest BCUT2D eigenvalue weighted by Gasteiger charge is 2.10. The summed E-state index contributed by atoms with van der Waals surface area (Å²) in [4.78, 5) is 4.54. The number of hydrogen-bond donors (Lipinski definition) is 2. The largest absolute Gasteiger partial charge is 0.497 e. The first kappa shape index (κ1) is 19.6. The predicted molar refractivity (Wildman–Crippen MR) is 109 cm³/mol. The first-order valence-corrected chi connectivity index (χ1v) is 10.4. The zero-order valence-electron chi connectivity index (χ0n) is 14.8. The average molecular weight is 412 g/mol. The van der Waals surface area contributed by atoms with Gasteiger partial charge < -0.3 is 10.1 Å². The number of aromatic nitrogens is 1. The maximum atomic E-state index is 11.3. The lowest BCUT2D eigenvalue weighted by Crippen LogP contribution is -2.11. The third kappa shape index (κ3) is 4.55. The minimum atomic E-state index is -3.74. The van der Waals surface area contributed by atoms with Gasteiger partial charge in [0, 0.05) is 22.8 Å². The Morgan fingerprint density at radius 1 is 1.21 bits per heavy atom. The van der Waals surface area contributed by atoms with Crippen molar-refractivity contribution >= 4 is 32.6 Å². The van der Waals surface area contributed by atoms with Crippen molar-refractivity contribution < 1.29 is 13.2 Å². The highest BCUT2D eigenvalue weighted by Crippen LogP contribution is 2.27. The van der Waals surface area contributed by atoms with Crippen LogP contribution in [0.15, 0.2) is 65.0 Å². The summed E-state index contributed by atoms with van der Waals surface area (Å²) in [5.41, 5.74) is 2.67. The van der Waals surface area contributed by atoms with Gasteiger partial charge in [0.15, 0.2) is 0 Å². The molecule has 142 valence electrons. The third-order valence-electron chi connectivity index (χ3n) is 3.81. The Morgan fingerprint density at radius 2 is 1.89 bits per heavy atom. The van der Waals surface area contributed by atoms with Gasteiger partial charge in [0.1, 0.15) is 22.4 Å². The van der Waals surface area contributed by atoms with Gasteiger partial charge in [-0.15, -0.1) is 11.3 Å². The van der Waals surface area contributed by atoms with Gasteiger partial charge >= 0.3 is 0 Å². The van der Waals surface area contributed by atoms with E-state index in [4.69, 9.17) is 9.88 Å². The highest BCUT2D eigenvalue weighted by atomic mass is 32.2. The second kappa shape index (κ2) is 8.22. The normalized spacial score (nSPS) is 11.7. The molecule has 0 amide bonds. The number of ether oxygens (including phenoxy) is 1. The maximum Gasteiger partial charge on any atom is 0.238 e. The summed E-state index contributed by atoms with van der Waals surface area (Å²) in [6.45, 7) is 0. The van der Waals surface area contributed by atoms with Crippen molar-refractivity contribution in [2.75, 3.05) is 12.4 Å². The number of rotatable bonds is 6. The fourth-order valence-electron chi connectivity index (χ4n) is 2.33. The number of primary sulfonamides is 1. The lowest BCUT2D eigenvalue weighted by molar-refractivity contribution is 0.415. The molecule has 28 heavy (non-hydrogen) atoms.